The summed E-state index contributed by atoms with van der Waals surface area (Å²) in [7, 11) is 1.23. The second-order valence-corrected chi connectivity index (χ2v) is 5.14. The molecule has 0 fully saturated rings. The second kappa shape index (κ2) is 8.66. The molecule has 9 nitrogen and oxygen atoms in total. The third-order valence-electron chi connectivity index (χ3n) is 2.81. The molecule has 0 unspecified atom stereocenters. The number of hydrogen-bond acceptors (Lipinski definition) is 7. The van der Waals surface area contributed by atoms with E-state index in [0.29, 0.717) is 6.42 Å². The third kappa shape index (κ3) is 5.89. The van der Waals surface area contributed by atoms with E-state index in [2.05, 4.69) is 15.0 Å². The number of nitrogens with one attached hydrogen (secondary N) is 1. The Morgan fingerprint density at radius 1 is 1.43 bits per heavy atom. The summed E-state index contributed by atoms with van der Waals surface area (Å²) in [6, 6.07) is 2.00. The molecule has 1 amide bonds. The number of hydrogen-bond donors (Lipinski definition) is 1. The number of pyridine rings is 1. The summed E-state index contributed by atoms with van der Waals surface area (Å²) in [5.74, 6) is -1.57. The Balaban J connectivity index is 2.65. The number of carbonyl (C=O) groups is 2. The number of amides is 1. The average Bonchev–Trinajstić information content (AvgIpc) is 2.51. The van der Waals surface area contributed by atoms with Gasteiger partial charge in [-0.1, -0.05) is 13.8 Å². The topological polar surface area (TPSA) is 121 Å². The predicted octanol–water partition coefficient (Wildman–Crippen LogP) is 1.07. The summed E-state index contributed by atoms with van der Waals surface area (Å²) in [6.07, 6.45) is 1.66. The highest BCUT2D eigenvalue weighted by Gasteiger charge is 2.23. The molecule has 1 aromatic rings. The molecule has 0 aliphatic rings. The Morgan fingerprint density at radius 3 is 2.70 bits per heavy atom. The molecule has 0 saturated heterocycles. The minimum atomic E-state index is -0.792. The molecule has 0 saturated carbocycles. The number of esters is 1. The monoisotopic (exact) mass is 325 g/mol. The standard InChI is InChI=1S/C14H19N3O6/c1-9(2)7-10(14(19)22-3)16-12(18)8-23-11-5-4-6-15-13(11)17(20)21/h4-6,9-10H,7-8H2,1-3H3,(H,16,18)/t10-/m1/s1. The van der Waals surface area contributed by atoms with Gasteiger partial charge in [0.2, 0.25) is 5.75 Å². The Hall–Kier alpha value is -2.71. The van der Waals surface area contributed by atoms with Crippen molar-refractivity contribution in [2.75, 3.05) is 13.7 Å². The molecule has 9 heteroatoms. The van der Waals surface area contributed by atoms with E-state index in [9.17, 15) is 19.7 Å². The van der Waals surface area contributed by atoms with Crippen LogP contribution in [0.4, 0.5) is 5.82 Å². The van der Waals surface area contributed by atoms with Crippen LogP contribution in [0.25, 0.3) is 0 Å². The molecule has 0 bridgehead atoms. The van der Waals surface area contributed by atoms with E-state index < -0.39 is 35.3 Å². The maximum absolute atomic E-state index is 11.9. The molecule has 1 rings (SSSR count). The average molecular weight is 325 g/mol. The lowest BCUT2D eigenvalue weighted by Gasteiger charge is -2.18. The van der Waals surface area contributed by atoms with Crippen molar-refractivity contribution < 1.29 is 24.0 Å². The van der Waals surface area contributed by atoms with E-state index in [1.165, 1.54) is 25.4 Å². The zero-order valence-electron chi connectivity index (χ0n) is 13.1. The minimum Gasteiger partial charge on any atom is -0.476 e. The quantitative estimate of drug-likeness (QED) is 0.431. The van der Waals surface area contributed by atoms with Gasteiger partial charge in [-0.2, -0.15) is 0 Å². The molecule has 0 aromatic carbocycles. The summed E-state index contributed by atoms with van der Waals surface area (Å²) >= 11 is 0. The van der Waals surface area contributed by atoms with Crippen molar-refractivity contribution in [2.45, 2.75) is 26.3 Å². The lowest BCUT2D eigenvalue weighted by atomic mass is 10.0. The molecule has 0 radical (unpaired) electrons. The lowest BCUT2D eigenvalue weighted by Crippen LogP contribution is -2.44. The number of carbonyl (C=O) groups excluding carboxylic acids is 2. The first kappa shape index (κ1) is 18.3. The fraction of sp³-hybridized carbons (Fsp3) is 0.500. The van der Waals surface area contributed by atoms with E-state index in [4.69, 9.17) is 4.74 Å². The largest absolute Gasteiger partial charge is 0.476 e. The van der Waals surface area contributed by atoms with Crippen molar-refractivity contribution in [3.63, 3.8) is 0 Å². The summed E-state index contributed by atoms with van der Waals surface area (Å²) in [6.45, 7) is 3.33. The molecular formula is C14H19N3O6. The fourth-order valence-electron chi connectivity index (χ4n) is 1.84. The van der Waals surface area contributed by atoms with Gasteiger partial charge in [0.05, 0.1) is 7.11 Å². The number of rotatable bonds is 8. The van der Waals surface area contributed by atoms with Gasteiger partial charge in [0, 0.05) is 0 Å². The second-order valence-electron chi connectivity index (χ2n) is 5.14. The van der Waals surface area contributed by atoms with Gasteiger partial charge in [0.15, 0.2) is 6.61 Å². The highest BCUT2D eigenvalue weighted by molar-refractivity contribution is 5.85. The van der Waals surface area contributed by atoms with Crippen LogP contribution in [0.3, 0.4) is 0 Å². The van der Waals surface area contributed by atoms with Crippen molar-refractivity contribution in [2.24, 2.45) is 5.92 Å². The normalized spacial score (nSPS) is 11.7. The predicted molar refractivity (Wildman–Crippen MR) is 79.8 cm³/mol. The summed E-state index contributed by atoms with van der Waals surface area (Å²) in [5, 5.41) is 13.3. The van der Waals surface area contributed by atoms with Crippen LogP contribution in [-0.4, -0.2) is 41.5 Å². The smallest absolute Gasteiger partial charge is 0.406 e. The number of nitro groups is 1. The van der Waals surface area contributed by atoms with Crippen molar-refractivity contribution in [3.05, 3.63) is 28.4 Å². The first-order chi connectivity index (χ1) is 10.8. The van der Waals surface area contributed by atoms with Crippen LogP contribution in [0.1, 0.15) is 20.3 Å². The third-order valence-corrected chi connectivity index (χ3v) is 2.81. The maximum Gasteiger partial charge on any atom is 0.406 e. The van der Waals surface area contributed by atoms with Gasteiger partial charge < -0.3 is 24.9 Å². The molecule has 126 valence electrons. The highest BCUT2D eigenvalue weighted by Crippen LogP contribution is 2.22. The van der Waals surface area contributed by atoms with E-state index in [-0.39, 0.29) is 11.7 Å². The summed E-state index contributed by atoms with van der Waals surface area (Å²) in [5.41, 5.74) is 0. The zero-order valence-corrected chi connectivity index (χ0v) is 13.1. The van der Waals surface area contributed by atoms with Gasteiger partial charge in [-0.05, 0) is 34.4 Å². The first-order valence-corrected chi connectivity index (χ1v) is 6.94. The molecule has 1 heterocycles. The van der Waals surface area contributed by atoms with Crippen molar-refractivity contribution in [3.8, 4) is 5.75 Å². The molecule has 0 spiro atoms. The van der Waals surface area contributed by atoms with Crippen LogP contribution in [0.15, 0.2) is 18.3 Å². The first-order valence-electron chi connectivity index (χ1n) is 6.94. The molecule has 0 aliphatic heterocycles. The van der Waals surface area contributed by atoms with E-state index in [0.717, 1.165) is 0 Å². The van der Waals surface area contributed by atoms with Gasteiger partial charge in [-0.3, -0.25) is 4.79 Å². The zero-order chi connectivity index (χ0) is 17.4. The Bertz CT molecular complexity index is 575. The SMILES string of the molecule is COC(=O)[C@@H](CC(C)C)NC(=O)COc1cccnc1[N+](=O)[O-]. The highest BCUT2D eigenvalue weighted by atomic mass is 16.6. The number of methoxy groups -OCH3 is 1. The molecule has 23 heavy (non-hydrogen) atoms. The number of aromatic nitrogens is 1. The summed E-state index contributed by atoms with van der Waals surface area (Å²) < 4.78 is 9.74. The molecule has 1 aromatic heterocycles. The van der Waals surface area contributed by atoms with Gasteiger partial charge in [-0.25, -0.2) is 4.79 Å². The van der Waals surface area contributed by atoms with Crippen molar-refractivity contribution >= 4 is 17.7 Å². The van der Waals surface area contributed by atoms with Crippen LogP contribution in [-0.2, 0) is 14.3 Å². The van der Waals surface area contributed by atoms with Gasteiger partial charge in [0.25, 0.3) is 5.91 Å². The van der Waals surface area contributed by atoms with E-state index in [1.54, 1.807) is 0 Å². The Morgan fingerprint density at radius 2 is 2.13 bits per heavy atom. The lowest BCUT2D eigenvalue weighted by molar-refractivity contribution is -0.390. The number of nitrogens with zero attached hydrogens (tertiary/aromatic N) is 2. The molecule has 1 atom stereocenters. The number of ether oxygens (including phenoxy) is 2. The molecule has 1 N–H and O–H groups in total. The van der Waals surface area contributed by atoms with E-state index >= 15 is 0 Å². The van der Waals surface area contributed by atoms with Gasteiger partial charge in [0.1, 0.15) is 12.2 Å². The van der Waals surface area contributed by atoms with Crippen LogP contribution in [0, 0.1) is 16.0 Å². The van der Waals surface area contributed by atoms with Crippen LogP contribution in [0.5, 0.6) is 5.75 Å². The summed E-state index contributed by atoms with van der Waals surface area (Å²) in [4.78, 5) is 37.2. The van der Waals surface area contributed by atoms with Gasteiger partial charge >= 0.3 is 11.8 Å². The maximum atomic E-state index is 11.9. The Kier molecular flexibility index (Phi) is 6.91. The van der Waals surface area contributed by atoms with Crippen LogP contribution < -0.4 is 10.1 Å². The van der Waals surface area contributed by atoms with Crippen LogP contribution >= 0.6 is 0 Å². The fourth-order valence-corrected chi connectivity index (χ4v) is 1.84. The van der Waals surface area contributed by atoms with Gasteiger partial charge in [-0.15, -0.1) is 0 Å². The molecular weight excluding hydrogens is 306 g/mol. The van der Waals surface area contributed by atoms with Crippen molar-refractivity contribution in [1.82, 2.24) is 10.3 Å². The van der Waals surface area contributed by atoms with E-state index in [1.807, 2.05) is 13.8 Å². The van der Waals surface area contributed by atoms with Crippen molar-refractivity contribution in [1.29, 1.82) is 0 Å². The van der Waals surface area contributed by atoms with Crippen LogP contribution in [0.2, 0.25) is 0 Å². The Labute approximate surface area is 133 Å². The minimum absolute atomic E-state index is 0.119. The molecule has 0 aliphatic carbocycles.